The second kappa shape index (κ2) is 6.08. The summed E-state index contributed by atoms with van der Waals surface area (Å²) in [5, 5.41) is 5.60. The van der Waals surface area contributed by atoms with Crippen LogP contribution in [0.5, 0.6) is 0 Å². The van der Waals surface area contributed by atoms with Gasteiger partial charge in [0.1, 0.15) is 5.82 Å². The number of aromatic nitrogens is 2. The Kier molecular flexibility index (Phi) is 4.19. The van der Waals surface area contributed by atoms with E-state index in [2.05, 4.69) is 45.5 Å². The molecular formula is C15H19N3S2. The molecule has 5 heteroatoms. The van der Waals surface area contributed by atoms with Gasteiger partial charge in [-0.1, -0.05) is 6.92 Å². The van der Waals surface area contributed by atoms with E-state index in [1.54, 1.807) is 0 Å². The summed E-state index contributed by atoms with van der Waals surface area (Å²) in [5.41, 5.74) is 0. The van der Waals surface area contributed by atoms with Crippen LogP contribution in [0.2, 0.25) is 0 Å². The Hall–Kier alpha value is -1.17. The number of imidazole rings is 1. The van der Waals surface area contributed by atoms with Crippen LogP contribution in [0.3, 0.4) is 0 Å². The van der Waals surface area contributed by atoms with E-state index in [1.165, 1.54) is 20.1 Å². The van der Waals surface area contributed by atoms with Crippen LogP contribution in [0, 0.1) is 0 Å². The van der Waals surface area contributed by atoms with Gasteiger partial charge in [0.2, 0.25) is 0 Å². The molecular weight excluding hydrogens is 286 g/mol. The minimum atomic E-state index is 0.345. The third kappa shape index (κ3) is 2.66. The first-order chi connectivity index (χ1) is 9.81. The Morgan fingerprint density at radius 1 is 1.40 bits per heavy atom. The highest BCUT2D eigenvalue weighted by atomic mass is 32.1. The molecule has 20 heavy (non-hydrogen) atoms. The van der Waals surface area contributed by atoms with Crippen LogP contribution in [0.15, 0.2) is 29.9 Å². The van der Waals surface area contributed by atoms with Crippen LogP contribution in [0.25, 0.3) is 9.40 Å². The normalized spacial score (nSPS) is 13.1. The van der Waals surface area contributed by atoms with Gasteiger partial charge in [0.25, 0.3) is 0 Å². The zero-order chi connectivity index (χ0) is 13.9. The predicted molar refractivity (Wildman–Crippen MR) is 87.7 cm³/mol. The van der Waals surface area contributed by atoms with Crippen molar-refractivity contribution < 1.29 is 0 Å². The van der Waals surface area contributed by atoms with Crippen molar-refractivity contribution in [1.29, 1.82) is 0 Å². The van der Waals surface area contributed by atoms with Gasteiger partial charge in [0, 0.05) is 45.7 Å². The second-order valence-electron chi connectivity index (χ2n) is 4.88. The maximum atomic E-state index is 4.52. The monoisotopic (exact) mass is 305 g/mol. The highest BCUT2D eigenvalue weighted by Gasteiger charge is 2.16. The van der Waals surface area contributed by atoms with E-state index < -0.39 is 0 Å². The van der Waals surface area contributed by atoms with Crippen LogP contribution in [0.4, 0.5) is 0 Å². The Labute approximate surface area is 127 Å². The van der Waals surface area contributed by atoms with E-state index in [1.807, 2.05) is 35.9 Å². The lowest BCUT2D eigenvalue weighted by molar-refractivity contribution is 0.549. The Morgan fingerprint density at radius 2 is 2.30 bits per heavy atom. The lowest BCUT2D eigenvalue weighted by atomic mass is 10.1. The van der Waals surface area contributed by atoms with Gasteiger partial charge in [-0.25, -0.2) is 4.98 Å². The minimum Gasteiger partial charge on any atom is -0.335 e. The molecule has 1 unspecified atom stereocenters. The van der Waals surface area contributed by atoms with Gasteiger partial charge < -0.3 is 9.88 Å². The molecule has 106 valence electrons. The van der Waals surface area contributed by atoms with Crippen molar-refractivity contribution in [2.75, 3.05) is 7.05 Å². The van der Waals surface area contributed by atoms with Gasteiger partial charge in [-0.3, -0.25) is 0 Å². The van der Waals surface area contributed by atoms with E-state index in [4.69, 9.17) is 0 Å². The quantitative estimate of drug-likeness (QED) is 0.744. The van der Waals surface area contributed by atoms with Gasteiger partial charge in [-0.2, -0.15) is 0 Å². The number of nitrogens with one attached hydrogen (secondary N) is 1. The molecule has 0 radical (unpaired) electrons. The summed E-state index contributed by atoms with van der Waals surface area (Å²) < 4.78 is 5.05. The van der Waals surface area contributed by atoms with Crippen molar-refractivity contribution >= 4 is 32.1 Å². The van der Waals surface area contributed by atoms with Crippen LogP contribution < -0.4 is 5.32 Å². The van der Waals surface area contributed by atoms with Gasteiger partial charge in [0.15, 0.2) is 0 Å². The number of rotatable bonds is 6. The van der Waals surface area contributed by atoms with E-state index in [0.717, 1.165) is 19.4 Å². The van der Waals surface area contributed by atoms with Crippen molar-refractivity contribution in [2.24, 2.45) is 0 Å². The summed E-state index contributed by atoms with van der Waals surface area (Å²) in [4.78, 5) is 5.92. The summed E-state index contributed by atoms with van der Waals surface area (Å²) in [6.45, 7) is 3.25. The van der Waals surface area contributed by atoms with Gasteiger partial charge in [-0.15, -0.1) is 22.7 Å². The first-order valence-corrected chi connectivity index (χ1v) is 8.65. The van der Waals surface area contributed by atoms with Crippen molar-refractivity contribution in [2.45, 2.75) is 32.4 Å². The van der Waals surface area contributed by atoms with E-state index in [-0.39, 0.29) is 0 Å². The molecule has 3 heterocycles. The average molecular weight is 305 g/mol. The highest BCUT2D eigenvalue weighted by Crippen LogP contribution is 2.34. The summed E-state index contributed by atoms with van der Waals surface area (Å²) in [7, 11) is 2.03. The van der Waals surface area contributed by atoms with Gasteiger partial charge in [-0.05, 0) is 31.0 Å². The van der Waals surface area contributed by atoms with Crippen molar-refractivity contribution in [1.82, 2.24) is 14.9 Å². The largest absolute Gasteiger partial charge is 0.335 e. The third-order valence-electron chi connectivity index (χ3n) is 3.50. The molecule has 0 aromatic carbocycles. The number of fused-ring (bicyclic) bond motifs is 1. The number of hydrogen-bond donors (Lipinski definition) is 1. The molecule has 0 amide bonds. The molecule has 0 saturated heterocycles. The average Bonchev–Trinajstić information content (AvgIpc) is 3.11. The highest BCUT2D eigenvalue weighted by molar-refractivity contribution is 7.26. The summed E-state index contributed by atoms with van der Waals surface area (Å²) in [5.74, 6) is 1.17. The number of likely N-dealkylation sites (N-methyl/N-ethyl adjacent to an activating group) is 1. The van der Waals surface area contributed by atoms with Crippen molar-refractivity contribution in [3.8, 4) is 0 Å². The molecule has 0 aliphatic carbocycles. The summed E-state index contributed by atoms with van der Waals surface area (Å²) >= 11 is 3.71. The Morgan fingerprint density at radius 3 is 3.05 bits per heavy atom. The molecule has 1 N–H and O–H groups in total. The number of aryl methyl sites for hydroxylation is 1. The standard InChI is InChI=1S/C15H19N3S2/c1-3-6-18-7-5-17-15(18)9-11(16-2)13-10-14-12(20-13)4-8-19-14/h4-5,7-8,10-11,16H,3,6,9H2,1-2H3. The molecule has 0 aliphatic rings. The van der Waals surface area contributed by atoms with Crippen LogP contribution in [0.1, 0.15) is 30.1 Å². The van der Waals surface area contributed by atoms with E-state index in [0.29, 0.717) is 6.04 Å². The predicted octanol–water partition coefficient (Wildman–Crippen LogP) is 4.07. The maximum absolute atomic E-state index is 4.52. The molecule has 0 bridgehead atoms. The molecule has 0 saturated carbocycles. The fraction of sp³-hybridized carbons (Fsp3) is 0.400. The van der Waals surface area contributed by atoms with E-state index >= 15 is 0 Å². The maximum Gasteiger partial charge on any atom is 0.110 e. The summed E-state index contributed by atoms with van der Waals surface area (Å²) in [6, 6.07) is 4.87. The summed E-state index contributed by atoms with van der Waals surface area (Å²) in [6.07, 6.45) is 6.07. The molecule has 3 nitrogen and oxygen atoms in total. The second-order valence-corrected chi connectivity index (χ2v) is 6.94. The van der Waals surface area contributed by atoms with Crippen LogP contribution in [-0.4, -0.2) is 16.6 Å². The molecule has 0 spiro atoms. The molecule has 3 rings (SSSR count). The zero-order valence-electron chi connectivity index (χ0n) is 11.8. The van der Waals surface area contributed by atoms with Crippen LogP contribution in [-0.2, 0) is 13.0 Å². The topological polar surface area (TPSA) is 29.9 Å². The lowest BCUT2D eigenvalue weighted by Gasteiger charge is -2.15. The zero-order valence-corrected chi connectivity index (χ0v) is 13.4. The smallest absolute Gasteiger partial charge is 0.110 e. The van der Waals surface area contributed by atoms with Crippen LogP contribution >= 0.6 is 22.7 Å². The van der Waals surface area contributed by atoms with E-state index in [9.17, 15) is 0 Å². The number of thiophene rings is 2. The SMILES string of the molecule is CCCn1ccnc1CC(NC)c1cc2sccc2s1. The Bertz CT molecular complexity index is 651. The van der Waals surface area contributed by atoms with Crippen molar-refractivity contribution in [3.63, 3.8) is 0 Å². The molecule has 3 aromatic rings. The fourth-order valence-electron chi connectivity index (χ4n) is 2.46. The first-order valence-electron chi connectivity index (χ1n) is 6.96. The first kappa shape index (κ1) is 13.8. The molecule has 0 fully saturated rings. The van der Waals surface area contributed by atoms with Gasteiger partial charge >= 0.3 is 0 Å². The number of nitrogens with zero attached hydrogens (tertiary/aromatic N) is 2. The van der Waals surface area contributed by atoms with Gasteiger partial charge in [0.05, 0.1) is 0 Å². The molecule has 0 aliphatic heterocycles. The fourth-order valence-corrected chi connectivity index (χ4v) is 4.69. The third-order valence-corrected chi connectivity index (χ3v) is 5.71. The lowest BCUT2D eigenvalue weighted by Crippen LogP contribution is -2.20. The number of hydrogen-bond acceptors (Lipinski definition) is 4. The Balaban J connectivity index is 1.82. The molecule has 3 aromatic heterocycles. The molecule has 1 atom stereocenters. The van der Waals surface area contributed by atoms with Crippen molar-refractivity contribution in [3.05, 3.63) is 40.6 Å². The minimum absolute atomic E-state index is 0.345.